The van der Waals surface area contributed by atoms with Crippen molar-refractivity contribution in [1.29, 1.82) is 0 Å². The van der Waals surface area contributed by atoms with Crippen LogP contribution in [0, 0.1) is 5.41 Å². The lowest BCUT2D eigenvalue weighted by atomic mass is 9.85. The first-order valence-corrected chi connectivity index (χ1v) is 6.87. The van der Waals surface area contributed by atoms with E-state index in [1.807, 2.05) is 0 Å². The number of allylic oxidation sites excluding steroid dienone is 2. The van der Waals surface area contributed by atoms with Gasteiger partial charge in [0.05, 0.1) is 0 Å². The summed E-state index contributed by atoms with van der Waals surface area (Å²) in [5.41, 5.74) is 1.83. The number of nitrogens with one attached hydrogen (secondary N) is 1. The van der Waals surface area contributed by atoms with Crippen LogP contribution in [0.25, 0.3) is 0 Å². The molecule has 0 aliphatic rings. The molecule has 1 atom stereocenters. The van der Waals surface area contributed by atoms with Crippen LogP contribution in [0.4, 0.5) is 0 Å². The van der Waals surface area contributed by atoms with Gasteiger partial charge in [0.25, 0.3) is 0 Å². The van der Waals surface area contributed by atoms with Crippen molar-refractivity contribution in [3.63, 3.8) is 0 Å². The van der Waals surface area contributed by atoms with E-state index in [0.717, 1.165) is 6.42 Å². The van der Waals surface area contributed by atoms with Gasteiger partial charge in [-0.05, 0) is 32.1 Å². The van der Waals surface area contributed by atoms with Crippen molar-refractivity contribution in [3.8, 4) is 0 Å². The summed E-state index contributed by atoms with van der Waals surface area (Å²) in [4.78, 5) is 0. The van der Waals surface area contributed by atoms with Crippen molar-refractivity contribution >= 4 is 0 Å². The number of unbranched alkanes of at least 4 members (excludes halogenated alkanes) is 1. The Balaban J connectivity index is 4.11. The first kappa shape index (κ1) is 15.5. The molecule has 0 rings (SSSR count). The third-order valence-electron chi connectivity index (χ3n) is 3.40. The molecular formula is C15H31N. The van der Waals surface area contributed by atoms with Gasteiger partial charge in [0.1, 0.15) is 0 Å². The van der Waals surface area contributed by atoms with Crippen LogP contribution in [0.2, 0.25) is 0 Å². The molecule has 0 aromatic rings. The fourth-order valence-electron chi connectivity index (χ4n) is 1.78. The van der Waals surface area contributed by atoms with E-state index in [1.54, 1.807) is 0 Å². The summed E-state index contributed by atoms with van der Waals surface area (Å²) in [5, 5.41) is 3.65. The predicted molar refractivity (Wildman–Crippen MR) is 74.6 cm³/mol. The molecule has 0 fully saturated rings. The lowest BCUT2D eigenvalue weighted by Gasteiger charge is -2.27. The Morgan fingerprint density at radius 1 is 1.31 bits per heavy atom. The highest BCUT2D eigenvalue weighted by Gasteiger charge is 2.17. The molecule has 96 valence electrons. The van der Waals surface area contributed by atoms with Gasteiger partial charge in [0.15, 0.2) is 0 Å². The number of rotatable bonds is 8. The van der Waals surface area contributed by atoms with Gasteiger partial charge in [-0.1, -0.05) is 53.0 Å². The lowest BCUT2D eigenvalue weighted by Crippen LogP contribution is -2.28. The minimum atomic E-state index is 0.416. The topological polar surface area (TPSA) is 12.0 Å². The average molecular weight is 225 g/mol. The van der Waals surface area contributed by atoms with E-state index in [2.05, 4.69) is 52.9 Å². The molecule has 0 heterocycles. The third-order valence-corrected chi connectivity index (χ3v) is 3.40. The van der Waals surface area contributed by atoms with Crippen LogP contribution < -0.4 is 5.32 Å². The fourth-order valence-corrected chi connectivity index (χ4v) is 1.78. The maximum absolute atomic E-state index is 3.65. The second kappa shape index (κ2) is 7.76. The highest BCUT2D eigenvalue weighted by atomic mass is 14.9. The molecule has 1 heteroatoms. The molecule has 1 N–H and O–H groups in total. The molecule has 0 aromatic heterocycles. The third kappa shape index (κ3) is 6.92. The molecule has 1 unspecified atom stereocenters. The molecule has 0 aliphatic carbocycles. The Bertz CT molecular complexity index is 203. The molecule has 0 aromatic carbocycles. The lowest BCUT2D eigenvalue weighted by molar-refractivity contribution is 0.334. The van der Waals surface area contributed by atoms with Gasteiger partial charge in [-0.15, -0.1) is 0 Å². The summed E-state index contributed by atoms with van der Waals surface area (Å²) in [5.74, 6) is 0. The molecule has 1 nitrogen and oxygen atoms in total. The summed E-state index contributed by atoms with van der Waals surface area (Å²) in [7, 11) is 0. The fraction of sp³-hybridized carbons (Fsp3) is 0.867. The predicted octanol–water partition coefficient (Wildman–Crippen LogP) is 4.88. The van der Waals surface area contributed by atoms with Gasteiger partial charge in [-0.3, -0.25) is 0 Å². The summed E-state index contributed by atoms with van der Waals surface area (Å²) in [6.07, 6.45) is 8.52. The summed E-state index contributed by atoms with van der Waals surface area (Å²) < 4.78 is 0. The van der Waals surface area contributed by atoms with Crippen molar-refractivity contribution in [3.05, 3.63) is 11.8 Å². The molecule has 0 spiro atoms. The quantitative estimate of drug-likeness (QED) is 0.620. The molecule has 16 heavy (non-hydrogen) atoms. The van der Waals surface area contributed by atoms with E-state index in [1.165, 1.54) is 31.4 Å². The smallest absolute Gasteiger partial charge is 0.0229 e. The van der Waals surface area contributed by atoms with E-state index in [-0.39, 0.29) is 0 Å². The first-order valence-electron chi connectivity index (χ1n) is 6.87. The molecule has 0 saturated heterocycles. The zero-order valence-corrected chi connectivity index (χ0v) is 12.2. The summed E-state index contributed by atoms with van der Waals surface area (Å²) in [6.45, 7) is 13.6. The van der Waals surface area contributed by atoms with Crippen LogP contribution in [0.3, 0.4) is 0 Å². The summed E-state index contributed by atoms with van der Waals surface area (Å²) in [6, 6.07) is 0.610. The second-order valence-corrected chi connectivity index (χ2v) is 5.70. The van der Waals surface area contributed by atoms with Gasteiger partial charge in [-0.2, -0.15) is 0 Å². The Morgan fingerprint density at radius 2 is 1.94 bits per heavy atom. The highest BCUT2D eigenvalue weighted by molar-refractivity contribution is 5.02. The van der Waals surface area contributed by atoms with Gasteiger partial charge in [0.2, 0.25) is 0 Å². The van der Waals surface area contributed by atoms with Gasteiger partial charge in [0, 0.05) is 11.7 Å². The molecule has 0 amide bonds. The van der Waals surface area contributed by atoms with E-state index in [0.29, 0.717) is 11.5 Å². The average Bonchev–Trinajstić information content (AvgIpc) is 2.25. The molecule has 0 bridgehead atoms. The normalized spacial score (nSPS) is 15.0. The highest BCUT2D eigenvalue weighted by Crippen LogP contribution is 2.27. The van der Waals surface area contributed by atoms with E-state index >= 15 is 0 Å². The Morgan fingerprint density at radius 3 is 2.38 bits per heavy atom. The first-order chi connectivity index (χ1) is 7.45. The van der Waals surface area contributed by atoms with E-state index in [9.17, 15) is 0 Å². The van der Waals surface area contributed by atoms with Crippen molar-refractivity contribution < 1.29 is 0 Å². The van der Waals surface area contributed by atoms with Gasteiger partial charge < -0.3 is 5.32 Å². The van der Waals surface area contributed by atoms with Crippen LogP contribution >= 0.6 is 0 Å². The van der Waals surface area contributed by atoms with Crippen molar-refractivity contribution in [1.82, 2.24) is 5.32 Å². The van der Waals surface area contributed by atoms with E-state index in [4.69, 9.17) is 0 Å². The van der Waals surface area contributed by atoms with Gasteiger partial charge >= 0.3 is 0 Å². The maximum Gasteiger partial charge on any atom is 0.0229 e. The monoisotopic (exact) mass is 225 g/mol. The van der Waals surface area contributed by atoms with Crippen molar-refractivity contribution in [2.45, 2.75) is 79.7 Å². The van der Waals surface area contributed by atoms with E-state index < -0.39 is 0 Å². The van der Waals surface area contributed by atoms with Crippen molar-refractivity contribution in [2.24, 2.45) is 5.41 Å². The second-order valence-electron chi connectivity index (χ2n) is 5.70. The maximum atomic E-state index is 3.65. The summed E-state index contributed by atoms with van der Waals surface area (Å²) >= 11 is 0. The Labute approximate surface area is 103 Å². The largest absolute Gasteiger partial charge is 0.386 e. The van der Waals surface area contributed by atoms with Crippen LogP contribution in [-0.4, -0.2) is 6.04 Å². The zero-order valence-electron chi connectivity index (χ0n) is 12.2. The van der Waals surface area contributed by atoms with Crippen LogP contribution in [-0.2, 0) is 0 Å². The number of hydrogen-bond acceptors (Lipinski definition) is 1. The standard InChI is InChI=1S/C15H31N/c1-7-10-11-13(4)16-14(8-2)12-15(5,6)9-3/h8,13,16H,7,9-12H2,1-6H3/b14-8-. The molecule has 0 aliphatic heterocycles. The SMILES string of the molecule is C/C=C(/CC(C)(C)CC)NC(C)CCCC. The number of hydrogen-bond donors (Lipinski definition) is 1. The van der Waals surface area contributed by atoms with Crippen LogP contribution in [0.1, 0.15) is 73.6 Å². The molecule has 0 saturated carbocycles. The zero-order chi connectivity index (χ0) is 12.6. The van der Waals surface area contributed by atoms with Crippen LogP contribution in [0.5, 0.6) is 0 Å². The van der Waals surface area contributed by atoms with Crippen molar-refractivity contribution in [2.75, 3.05) is 0 Å². The Hall–Kier alpha value is -0.460. The van der Waals surface area contributed by atoms with Gasteiger partial charge in [-0.25, -0.2) is 0 Å². The minimum Gasteiger partial charge on any atom is -0.386 e. The minimum absolute atomic E-state index is 0.416. The molecule has 0 radical (unpaired) electrons. The Kier molecular flexibility index (Phi) is 7.53. The molecular weight excluding hydrogens is 194 g/mol. The van der Waals surface area contributed by atoms with Crippen LogP contribution in [0.15, 0.2) is 11.8 Å².